The van der Waals surface area contributed by atoms with Gasteiger partial charge in [-0.25, -0.2) is 27.0 Å². The summed E-state index contributed by atoms with van der Waals surface area (Å²) in [6.45, 7) is 5.79. The number of ether oxygens (including phenoxy) is 1. The van der Waals surface area contributed by atoms with E-state index in [0.29, 0.717) is 5.69 Å². The number of aliphatic hydroxyl groups is 1. The van der Waals surface area contributed by atoms with Gasteiger partial charge >= 0.3 is 6.09 Å². The van der Waals surface area contributed by atoms with E-state index in [1.54, 1.807) is 37.8 Å². The number of carbonyl (C=O) groups excluding carboxylic acids is 2. The molecule has 1 saturated carbocycles. The summed E-state index contributed by atoms with van der Waals surface area (Å²) in [6.07, 6.45) is -0.289. The smallest absolute Gasteiger partial charge is 0.407 e. The lowest BCUT2D eigenvalue weighted by molar-refractivity contribution is -0.117. The molecule has 3 aliphatic rings. The number of nitrogens with zero attached hydrogens (tertiary/aromatic N) is 4. The van der Waals surface area contributed by atoms with E-state index in [1.165, 1.54) is 27.4 Å². The number of hydrogen-bond acceptors (Lipinski definition) is 8. The molecule has 0 spiro atoms. The van der Waals surface area contributed by atoms with E-state index < -0.39 is 45.5 Å². The molecule has 1 aromatic heterocycles. The summed E-state index contributed by atoms with van der Waals surface area (Å²) in [5.41, 5.74) is -0.440. The van der Waals surface area contributed by atoms with Crippen molar-refractivity contribution in [3.05, 3.63) is 47.1 Å². The zero-order valence-electron chi connectivity index (χ0n) is 24.7. The molecule has 3 heterocycles. The Kier molecular flexibility index (Phi) is 8.84. The number of hydrogen-bond donors (Lipinski definition) is 2. The summed E-state index contributed by atoms with van der Waals surface area (Å²) < 4.78 is 63.5. The molecule has 240 valence electrons. The van der Waals surface area contributed by atoms with Crippen LogP contribution in [0.5, 0.6) is 0 Å². The number of alkyl carbamates (subject to hydrolysis) is 1. The molecule has 2 aliphatic heterocycles. The van der Waals surface area contributed by atoms with Crippen molar-refractivity contribution in [2.75, 3.05) is 49.1 Å². The van der Waals surface area contributed by atoms with E-state index in [4.69, 9.17) is 16.3 Å². The van der Waals surface area contributed by atoms with Crippen molar-refractivity contribution in [2.45, 2.75) is 56.1 Å². The summed E-state index contributed by atoms with van der Waals surface area (Å²) in [5, 5.41) is 11.9. The Morgan fingerprint density at radius 1 is 1.14 bits per heavy atom. The molecule has 3 atom stereocenters. The largest absolute Gasteiger partial charge is 0.444 e. The van der Waals surface area contributed by atoms with Gasteiger partial charge in [0.1, 0.15) is 16.6 Å². The van der Waals surface area contributed by atoms with Gasteiger partial charge in [0.05, 0.1) is 10.9 Å². The number of halogens is 3. The van der Waals surface area contributed by atoms with Crippen molar-refractivity contribution in [1.29, 1.82) is 0 Å². The number of pyridine rings is 1. The summed E-state index contributed by atoms with van der Waals surface area (Å²) in [4.78, 5) is 32.2. The number of nitrogens with one attached hydrogen (secondary N) is 1. The molecule has 1 aromatic carbocycles. The fraction of sp³-hybridized carbons (Fsp3) is 0.552. The second-order valence-electron chi connectivity index (χ2n) is 12.4. The third kappa shape index (κ3) is 6.93. The molecule has 44 heavy (non-hydrogen) atoms. The first kappa shape index (κ1) is 32.3. The van der Waals surface area contributed by atoms with Crippen molar-refractivity contribution in [1.82, 2.24) is 14.6 Å². The topological polar surface area (TPSA) is 132 Å². The maximum atomic E-state index is 15.0. The molecule has 3 fully saturated rings. The van der Waals surface area contributed by atoms with Crippen LogP contribution in [0.3, 0.4) is 0 Å². The molecule has 2 N–H and O–H groups in total. The highest BCUT2D eigenvalue weighted by Gasteiger charge is 2.55. The molecule has 11 nitrogen and oxygen atoms in total. The van der Waals surface area contributed by atoms with Crippen LogP contribution in [0.4, 0.5) is 25.1 Å². The maximum absolute atomic E-state index is 15.0. The van der Waals surface area contributed by atoms with Crippen LogP contribution >= 0.6 is 11.6 Å². The van der Waals surface area contributed by atoms with E-state index in [0.717, 1.165) is 6.07 Å². The van der Waals surface area contributed by atoms with Crippen LogP contribution in [-0.2, 0) is 25.5 Å². The normalized spacial score (nSPS) is 23.2. The van der Waals surface area contributed by atoms with Gasteiger partial charge in [0.15, 0.2) is 0 Å². The Labute approximate surface area is 260 Å². The van der Waals surface area contributed by atoms with Crippen LogP contribution in [0.1, 0.15) is 39.2 Å². The van der Waals surface area contributed by atoms with Gasteiger partial charge in [0, 0.05) is 62.9 Å². The van der Waals surface area contributed by atoms with Crippen molar-refractivity contribution in [3.8, 4) is 0 Å². The molecule has 2 saturated heterocycles. The van der Waals surface area contributed by atoms with Gasteiger partial charge in [-0.05, 0) is 69.5 Å². The lowest BCUT2D eigenvalue weighted by Crippen LogP contribution is -2.49. The predicted molar refractivity (Wildman–Crippen MR) is 159 cm³/mol. The number of sulfonamides is 1. The Morgan fingerprint density at radius 3 is 2.39 bits per heavy atom. The highest BCUT2D eigenvalue weighted by atomic mass is 35.5. The molecule has 0 radical (unpaired) electrons. The van der Waals surface area contributed by atoms with Crippen LogP contribution < -0.4 is 15.1 Å². The zero-order valence-corrected chi connectivity index (χ0v) is 26.2. The SMILES string of the molecule is CC(C)(C)OC(=O)N[C@@H]1CC(=O)N(c2ccc(S(=O)(=O)N3CCN(c4cc(C(F)(F)[C@@H]5C[C@H]5CO)cc(Cl)n4)CC3)cc2)C1. The number of benzene rings is 1. The molecule has 5 rings (SSSR count). The number of carbonyl (C=O) groups is 2. The predicted octanol–water partition coefficient (Wildman–Crippen LogP) is 3.60. The van der Waals surface area contributed by atoms with Crippen LogP contribution in [-0.4, -0.2) is 85.8 Å². The van der Waals surface area contributed by atoms with E-state index in [2.05, 4.69) is 10.3 Å². The molecular weight excluding hydrogens is 620 g/mol. The van der Waals surface area contributed by atoms with Gasteiger partial charge < -0.3 is 25.0 Å². The van der Waals surface area contributed by atoms with Crippen molar-refractivity contribution < 1.29 is 36.6 Å². The maximum Gasteiger partial charge on any atom is 0.407 e. The molecule has 2 aromatic rings. The fourth-order valence-corrected chi connectivity index (χ4v) is 7.20. The lowest BCUT2D eigenvalue weighted by Gasteiger charge is -2.35. The minimum Gasteiger partial charge on any atom is -0.444 e. The molecular formula is C29H36ClF2N5O6S. The van der Waals surface area contributed by atoms with Crippen LogP contribution in [0, 0.1) is 11.8 Å². The second kappa shape index (κ2) is 12.0. The zero-order chi connectivity index (χ0) is 32.0. The van der Waals surface area contributed by atoms with Gasteiger partial charge in [-0.2, -0.15) is 4.31 Å². The second-order valence-corrected chi connectivity index (χ2v) is 14.7. The first-order valence-corrected chi connectivity index (χ1v) is 16.2. The van der Waals surface area contributed by atoms with E-state index >= 15 is 8.78 Å². The molecule has 0 bridgehead atoms. The number of aliphatic hydroxyl groups excluding tert-OH is 1. The average Bonchev–Trinajstić information content (AvgIpc) is 3.68. The first-order chi connectivity index (χ1) is 20.6. The number of amides is 2. The summed E-state index contributed by atoms with van der Waals surface area (Å²) in [6, 6.07) is 7.95. The Hall–Kier alpha value is -3.07. The number of anilines is 2. The number of rotatable bonds is 8. The Morgan fingerprint density at radius 2 is 1.80 bits per heavy atom. The number of alkyl halides is 2. The summed E-state index contributed by atoms with van der Waals surface area (Å²) >= 11 is 6.10. The van der Waals surface area contributed by atoms with E-state index in [1.807, 2.05) is 0 Å². The van der Waals surface area contributed by atoms with Crippen LogP contribution in [0.25, 0.3) is 0 Å². The number of piperazine rings is 1. The monoisotopic (exact) mass is 655 g/mol. The Balaban J connectivity index is 1.20. The molecule has 2 amide bonds. The van der Waals surface area contributed by atoms with Crippen molar-refractivity contribution >= 4 is 45.1 Å². The first-order valence-electron chi connectivity index (χ1n) is 14.4. The third-order valence-corrected chi connectivity index (χ3v) is 10.1. The van der Waals surface area contributed by atoms with E-state index in [-0.39, 0.29) is 79.5 Å². The molecule has 0 unspecified atom stereocenters. The minimum absolute atomic E-state index is 0.0513. The summed E-state index contributed by atoms with van der Waals surface area (Å²) in [7, 11) is -3.88. The lowest BCUT2D eigenvalue weighted by atomic mass is 10.0. The van der Waals surface area contributed by atoms with Gasteiger partial charge in [-0.1, -0.05) is 11.6 Å². The standard InChI is InChI=1S/C29H36ClF2N5O6S/c1-28(2,3)43-27(40)33-20-15-26(39)37(16-20)21-4-6-22(7-5-21)44(41,42)36-10-8-35(9-11-36)25-14-19(13-24(30)34-25)29(31,32)23-12-18(23)17-38/h4-7,13-14,18,20,23,38H,8-12,15-17H2,1-3H3,(H,33,40)/t18-,20+,23+/m0/s1. The van der Waals surface area contributed by atoms with Crippen LogP contribution in [0.15, 0.2) is 41.3 Å². The van der Waals surface area contributed by atoms with E-state index in [9.17, 15) is 23.1 Å². The molecule has 1 aliphatic carbocycles. The fourth-order valence-electron chi connectivity index (χ4n) is 5.58. The average molecular weight is 656 g/mol. The highest BCUT2D eigenvalue weighted by Crippen LogP contribution is 2.54. The van der Waals surface area contributed by atoms with Gasteiger partial charge in [0.2, 0.25) is 15.9 Å². The van der Waals surface area contributed by atoms with Gasteiger partial charge in [-0.3, -0.25) is 4.79 Å². The van der Waals surface area contributed by atoms with Gasteiger partial charge in [0.25, 0.3) is 5.92 Å². The molecule has 15 heteroatoms. The minimum atomic E-state index is -3.88. The van der Waals surface area contributed by atoms with Crippen molar-refractivity contribution in [2.24, 2.45) is 11.8 Å². The third-order valence-electron chi connectivity index (χ3n) is 7.98. The van der Waals surface area contributed by atoms with Crippen LogP contribution in [0.2, 0.25) is 5.15 Å². The van der Waals surface area contributed by atoms with Crippen molar-refractivity contribution in [3.63, 3.8) is 0 Å². The number of aromatic nitrogens is 1. The highest BCUT2D eigenvalue weighted by molar-refractivity contribution is 7.89. The summed E-state index contributed by atoms with van der Waals surface area (Å²) in [5.74, 6) is -4.53. The van der Waals surface area contributed by atoms with Gasteiger partial charge in [-0.15, -0.1) is 0 Å². The quantitative estimate of drug-likeness (QED) is 0.413. The Bertz CT molecular complexity index is 1510.